The third-order valence-corrected chi connectivity index (χ3v) is 3.40. The predicted octanol–water partition coefficient (Wildman–Crippen LogP) is 2.97. The maximum Gasteiger partial charge on any atom is 0.247 e. The van der Waals surface area contributed by atoms with Crippen LogP contribution in [0.2, 0.25) is 0 Å². The second kappa shape index (κ2) is 3.89. The van der Waals surface area contributed by atoms with Crippen LogP contribution in [0.3, 0.4) is 0 Å². The number of allylic oxidation sites excluding steroid dienone is 5. The van der Waals surface area contributed by atoms with E-state index in [2.05, 4.69) is 59.1 Å². The summed E-state index contributed by atoms with van der Waals surface area (Å²) in [4.78, 5) is 0. The lowest BCUT2D eigenvalue weighted by atomic mass is 9.95. The van der Waals surface area contributed by atoms with Crippen LogP contribution in [0.4, 0.5) is 0 Å². The van der Waals surface area contributed by atoms with Crippen LogP contribution in [0.1, 0.15) is 17.2 Å². The molecule has 0 fully saturated rings. The Hall–Kier alpha value is -1.38. The molecule has 77 valence electrons. The van der Waals surface area contributed by atoms with Crippen LogP contribution in [0.5, 0.6) is 0 Å². The molecule has 0 saturated carbocycles. The third-order valence-electron chi connectivity index (χ3n) is 3.14. The first-order chi connectivity index (χ1) is 7.90. The Morgan fingerprint density at radius 2 is 1.81 bits per heavy atom. The fraction of sp³-hybridized carbons (Fsp3) is 0.143. The molecule has 2 aliphatic carbocycles. The van der Waals surface area contributed by atoms with Crippen molar-refractivity contribution in [2.24, 2.45) is 5.92 Å². The zero-order chi connectivity index (χ0) is 11.0. The Bertz CT molecular complexity index is 487. The van der Waals surface area contributed by atoms with Gasteiger partial charge in [0.15, 0.2) is 0 Å². The minimum Gasteiger partial charge on any atom is -0.408 e. The molecule has 0 bridgehead atoms. The highest BCUT2D eigenvalue weighted by molar-refractivity contribution is 5.98. The molecule has 0 spiro atoms. The first-order valence-corrected chi connectivity index (χ1v) is 5.79. The molecule has 1 unspecified atom stereocenters. The van der Waals surface area contributed by atoms with E-state index in [1.165, 1.54) is 16.7 Å². The summed E-state index contributed by atoms with van der Waals surface area (Å²) in [7, 11) is 3.15. The minimum absolute atomic E-state index is 0.0327. The number of fused-ring (bicyclic) bond motifs is 1. The van der Waals surface area contributed by atoms with Crippen molar-refractivity contribution in [1.29, 1.82) is 0 Å². The van der Waals surface area contributed by atoms with Gasteiger partial charge in [0, 0.05) is 5.92 Å². The largest absolute Gasteiger partial charge is 0.408 e. The lowest BCUT2D eigenvalue weighted by molar-refractivity contribution is 0.286. The molecule has 1 aromatic rings. The highest BCUT2D eigenvalue weighted by atomic mass is 28.2. The summed E-state index contributed by atoms with van der Waals surface area (Å²) in [6.45, 7) is 0. The number of rotatable bonds is 2. The van der Waals surface area contributed by atoms with Crippen molar-refractivity contribution in [1.82, 2.24) is 0 Å². The van der Waals surface area contributed by atoms with E-state index in [0.29, 0.717) is 5.92 Å². The van der Waals surface area contributed by atoms with Crippen LogP contribution in [-0.4, -0.2) is 10.5 Å². The van der Waals surface area contributed by atoms with Gasteiger partial charge in [-0.2, -0.15) is 0 Å². The summed E-state index contributed by atoms with van der Waals surface area (Å²) in [5, 5.41) is 0. The van der Waals surface area contributed by atoms with Gasteiger partial charge in [-0.3, -0.25) is 0 Å². The number of hydrogen-bond acceptors (Lipinski definition) is 1. The van der Waals surface area contributed by atoms with Gasteiger partial charge in [0.05, 0.1) is 6.10 Å². The second-order valence-electron chi connectivity index (χ2n) is 4.04. The van der Waals surface area contributed by atoms with Crippen molar-refractivity contribution < 1.29 is 4.43 Å². The fourth-order valence-corrected chi connectivity index (χ4v) is 2.57. The molecular formula is C14H11OSi. The number of benzene rings is 1. The average Bonchev–Trinajstić information content (AvgIpc) is 2.95. The molecule has 3 radical (unpaired) electrons. The third kappa shape index (κ3) is 1.42. The van der Waals surface area contributed by atoms with E-state index in [-0.39, 0.29) is 6.10 Å². The van der Waals surface area contributed by atoms with Gasteiger partial charge in [0.2, 0.25) is 10.5 Å². The SMILES string of the molecule is [Si]OC1C=C(C2C=CC=C2)c2ccccc21. The first-order valence-electron chi connectivity index (χ1n) is 5.38. The molecule has 0 aromatic heterocycles. The minimum atomic E-state index is 0.0327. The number of hydrogen-bond donors (Lipinski definition) is 0. The summed E-state index contributed by atoms with van der Waals surface area (Å²) in [6, 6.07) is 8.40. The normalized spacial score (nSPS) is 22.6. The van der Waals surface area contributed by atoms with Gasteiger partial charge in [0.25, 0.3) is 0 Å². The maximum atomic E-state index is 5.31. The zero-order valence-corrected chi connectivity index (χ0v) is 9.76. The van der Waals surface area contributed by atoms with Crippen molar-refractivity contribution in [3.63, 3.8) is 0 Å². The molecule has 0 heterocycles. The van der Waals surface area contributed by atoms with Gasteiger partial charge in [0.1, 0.15) is 0 Å². The van der Waals surface area contributed by atoms with Crippen LogP contribution in [0.15, 0.2) is 54.6 Å². The highest BCUT2D eigenvalue weighted by Crippen LogP contribution is 2.41. The summed E-state index contributed by atoms with van der Waals surface area (Å²) < 4.78 is 5.31. The quantitative estimate of drug-likeness (QED) is 0.700. The summed E-state index contributed by atoms with van der Waals surface area (Å²) in [5.74, 6) is 0.396. The smallest absolute Gasteiger partial charge is 0.247 e. The second-order valence-corrected chi connectivity index (χ2v) is 4.28. The molecule has 0 aliphatic heterocycles. The van der Waals surface area contributed by atoms with E-state index in [4.69, 9.17) is 4.43 Å². The molecule has 1 atom stereocenters. The van der Waals surface area contributed by atoms with E-state index < -0.39 is 0 Å². The average molecular weight is 223 g/mol. The van der Waals surface area contributed by atoms with Crippen LogP contribution >= 0.6 is 0 Å². The summed E-state index contributed by atoms with van der Waals surface area (Å²) >= 11 is 0. The Balaban J connectivity index is 2.07. The fourth-order valence-electron chi connectivity index (χ4n) is 2.38. The van der Waals surface area contributed by atoms with Gasteiger partial charge < -0.3 is 4.43 Å². The van der Waals surface area contributed by atoms with Crippen molar-refractivity contribution in [3.05, 3.63) is 65.8 Å². The molecule has 0 saturated heterocycles. The lowest BCUT2D eigenvalue weighted by Crippen LogP contribution is -1.95. The lowest BCUT2D eigenvalue weighted by Gasteiger charge is -2.09. The van der Waals surface area contributed by atoms with Gasteiger partial charge in [-0.15, -0.1) is 0 Å². The van der Waals surface area contributed by atoms with Crippen LogP contribution in [0.25, 0.3) is 5.57 Å². The van der Waals surface area contributed by atoms with E-state index in [9.17, 15) is 0 Å². The van der Waals surface area contributed by atoms with Crippen molar-refractivity contribution in [3.8, 4) is 0 Å². The van der Waals surface area contributed by atoms with Gasteiger partial charge in [-0.05, 0) is 22.8 Å². The van der Waals surface area contributed by atoms with Gasteiger partial charge in [-0.25, -0.2) is 0 Å². The topological polar surface area (TPSA) is 9.23 Å². The van der Waals surface area contributed by atoms with Gasteiger partial charge in [-0.1, -0.05) is 48.6 Å². The van der Waals surface area contributed by atoms with E-state index >= 15 is 0 Å². The monoisotopic (exact) mass is 223 g/mol. The Morgan fingerprint density at radius 1 is 1.06 bits per heavy atom. The van der Waals surface area contributed by atoms with Crippen molar-refractivity contribution in [2.75, 3.05) is 0 Å². The molecule has 16 heavy (non-hydrogen) atoms. The van der Waals surface area contributed by atoms with E-state index in [0.717, 1.165) is 0 Å². The van der Waals surface area contributed by atoms with E-state index in [1.807, 2.05) is 6.07 Å². The van der Waals surface area contributed by atoms with E-state index in [1.54, 1.807) is 0 Å². The molecule has 1 aromatic carbocycles. The molecule has 3 rings (SSSR count). The van der Waals surface area contributed by atoms with Crippen molar-refractivity contribution >= 4 is 16.1 Å². The first kappa shape index (κ1) is 9.82. The van der Waals surface area contributed by atoms with Crippen LogP contribution in [-0.2, 0) is 4.43 Å². The summed E-state index contributed by atoms with van der Waals surface area (Å²) in [6.07, 6.45) is 10.8. The van der Waals surface area contributed by atoms with Crippen molar-refractivity contribution in [2.45, 2.75) is 6.10 Å². The predicted molar refractivity (Wildman–Crippen MR) is 65.8 cm³/mol. The zero-order valence-electron chi connectivity index (χ0n) is 8.76. The van der Waals surface area contributed by atoms with Gasteiger partial charge >= 0.3 is 0 Å². The Labute approximate surface area is 98.7 Å². The summed E-state index contributed by atoms with van der Waals surface area (Å²) in [5.41, 5.74) is 3.87. The Morgan fingerprint density at radius 3 is 2.56 bits per heavy atom. The molecular weight excluding hydrogens is 212 g/mol. The molecule has 2 heteroatoms. The van der Waals surface area contributed by atoms with Crippen LogP contribution < -0.4 is 0 Å². The van der Waals surface area contributed by atoms with Crippen LogP contribution in [0, 0.1) is 5.92 Å². The maximum absolute atomic E-state index is 5.31. The highest BCUT2D eigenvalue weighted by Gasteiger charge is 2.25. The Kier molecular flexibility index (Phi) is 2.38. The molecule has 0 N–H and O–H groups in total. The molecule has 1 nitrogen and oxygen atoms in total. The molecule has 0 amide bonds. The standard InChI is InChI=1S/C14H11OSi/c16-15-14-9-13(10-5-1-2-6-10)11-7-3-4-8-12(11)14/h1-10,14H. The molecule has 2 aliphatic rings.